The highest BCUT2D eigenvalue weighted by Gasteiger charge is 2.33. The van der Waals surface area contributed by atoms with Crippen LogP contribution in [-0.2, 0) is 4.74 Å². The number of rotatable bonds is 3. The van der Waals surface area contributed by atoms with E-state index in [0.29, 0.717) is 12.0 Å². The lowest BCUT2D eigenvalue weighted by molar-refractivity contribution is 0.103. The number of aromatic nitrogens is 2. The molecule has 5 nitrogen and oxygen atoms in total. The second kappa shape index (κ2) is 4.74. The van der Waals surface area contributed by atoms with E-state index in [9.17, 15) is 0 Å². The molecule has 3 unspecified atom stereocenters. The third-order valence-electron chi connectivity index (χ3n) is 3.88. The van der Waals surface area contributed by atoms with Crippen molar-refractivity contribution < 1.29 is 9.26 Å². The normalized spacial score (nSPS) is 33.4. The second-order valence-corrected chi connectivity index (χ2v) is 4.93. The van der Waals surface area contributed by atoms with Crippen LogP contribution in [0.25, 0.3) is 0 Å². The predicted molar refractivity (Wildman–Crippen MR) is 61.7 cm³/mol. The molecule has 0 aromatic carbocycles. The van der Waals surface area contributed by atoms with Crippen LogP contribution in [0.5, 0.6) is 0 Å². The molecule has 2 heterocycles. The summed E-state index contributed by atoms with van der Waals surface area (Å²) in [6, 6.07) is 0.479. The highest BCUT2D eigenvalue weighted by molar-refractivity contribution is 5.04. The number of likely N-dealkylation sites (N-methyl/N-ethyl adjacent to an activating group) is 1. The summed E-state index contributed by atoms with van der Waals surface area (Å²) < 4.78 is 11.0. The van der Waals surface area contributed by atoms with Gasteiger partial charge in [-0.25, -0.2) is 0 Å². The third-order valence-corrected chi connectivity index (χ3v) is 3.88. The van der Waals surface area contributed by atoms with E-state index in [4.69, 9.17) is 9.26 Å². The molecule has 3 atom stereocenters. The van der Waals surface area contributed by atoms with Crippen LogP contribution in [0.15, 0.2) is 4.52 Å². The Morgan fingerprint density at radius 2 is 2.18 bits per heavy atom. The minimum atomic E-state index is 0.0574. The summed E-state index contributed by atoms with van der Waals surface area (Å²) in [6.07, 6.45) is 5.73. The van der Waals surface area contributed by atoms with Gasteiger partial charge in [0.2, 0.25) is 11.7 Å². The van der Waals surface area contributed by atoms with Crippen LogP contribution in [-0.4, -0.2) is 29.8 Å². The molecule has 1 saturated heterocycles. The minimum Gasteiger partial charge on any atom is -0.370 e. The molecule has 0 bridgehead atoms. The molecule has 17 heavy (non-hydrogen) atoms. The summed E-state index contributed by atoms with van der Waals surface area (Å²) >= 11 is 0. The van der Waals surface area contributed by atoms with Crippen LogP contribution in [0.3, 0.4) is 0 Å². The van der Waals surface area contributed by atoms with E-state index >= 15 is 0 Å². The lowest BCUT2D eigenvalue weighted by Gasteiger charge is -2.14. The van der Waals surface area contributed by atoms with Crippen molar-refractivity contribution in [3.63, 3.8) is 0 Å². The van der Waals surface area contributed by atoms with Crippen LogP contribution < -0.4 is 5.32 Å². The molecule has 1 aliphatic carbocycles. The molecule has 0 spiro atoms. The van der Waals surface area contributed by atoms with E-state index in [0.717, 1.165) is 37.6 Å². The fourth-order valence-corrected chi connectivity index (χ4v) is 2.91. The Kier molecular flexibility index (Phi) is 3.11. The zero-order chi connectivity index (χ0) is 11.7. The first-order valence-corrected chi connectivity index (χ1v) is 6.51. The Morgan fingerprint density at radius 1 is 1.24 bits per heavy atom. The van der Waals surface area contributed by atoms with Gasteiger partial charge < -0.3 is 14.6 Å². The zero-order valence-electron chi connectivity index (χ0n) is 10.2. The monoisotopic (exact) mass is 237 g/mol. The van der Waals surface area contributed by atoms with E-state index in [1.807, 2.05) is 7.05 Å². The summed E-state index contributed by atoms with van der Waals surface area (Å²) in [6.45, 7) is 0.817. The van der Waals surface area contributed by atoms with Gasteiger partial charge >= 0.3 is 0 Å². The number of nitrogens with one attached hydrogen (secondary N) is 1. The summed E-state index contributed by atoms with van der Waals surface area (Å²) in [5, 5.41) is 7.40. The lowest BCUT2D eigenvalue weighted by Crippen LogP contribution is -2.27. The maximum atomic E-state index is 5.57. The van der Waals surface area contributed by atoms with Crippen molar-refractivity contribution in [3.05, 3.63) is 11.7 Å². The molecule has 94 valence electrons. The standard InChI is InChI=1S/C12H19N3O2/c1-13-9-5-2-4-8(9)12-14-11(15-17-12)10-6-3-7-16-10/h8-10,13H,2-7H2,1H3. The number of hydrogen-bond donors (Lipinski definition) is 1. The minimum absolute atomic E-state index is 0.0574. The Bertz CT molecular complexity index is 374. The highest BCUT2D eigenvalue weighted by atomic mass is 16.5. The highest BCUT2D eigenvalue weighted by Crippen LogP contribution is 2.35. The molecular weight excluding hydrogens is 218 g/mol. The smallest absolute Gasteiger partial charge is 0.231 e. The van der Waals surface area contributed by atoms with Crippen molar-refractivity contribution in [1.29, 1.82) is 0 Å². The Labute approximate surface area is 101 Å². The van der Waals surface area contributed by atoms with E-state index < -0.39 is 0 Å². The van der Waals surface area contributed by atoms with E-state index in [1.165, 1.54) is 12.8 Å². The average molecular weight is 237 g/mol. The maximum Gasteiger partial charge on any atom is 0.231 e. The van der Waals surface area contributed by atoms with Crippen molar-refractivity contribution in [3.8, 4) is 0 Å². The first kappa shape index (κ1) is 11.2. The number of ether oxygens (including phenoxy) is 1. The van der Waals surface area contributed by atoms with Crippen LogP contribution in [0.4, 0.5) is 0 Å². The molecule has 1 aliphatic heterocycles. The molecule has 1 saturated carbocycles. The molecular formula is C12H19N3O2. The molecule has 0 radical (unpaired) electrons. The predicted octanol–water partition coefficient (Wildman–Crippen LogP) is 1.78. The Morgan fingerprint density at radius 3 is 2.94 bits per heavy atom. The molecule has 2 fully saturated rings. The molecule has 2 aliphatic rings. The summed E-state index contributed by atoms with van der Waals surface area (Å²) in [5.41, 5.74) is 0. The molecule has 3 rings (SSSR count). The second-order valence-electron chi connectivity index (χ2n) is 4.93. The van der Waals surface area contributed by atoms with E-state index in [2.05, 4.69) is 15.5 Å². The van der Waals surface area contributed by atoms with Gasteiger partial charge in [0.1, 0.15) is 6.10 Å². The van der Waals surface area contributed by atoms with Gasteiger partial charge in [0.25, 0.3) is 0 Å². The van der Waals surface area contributed by atoms with Crippen LogP contribution in [0.2, 0.25) is 0 Å². The van der Waals surface area contributed by atoms with Crippen molar-refractivity contribution in [1.82, 2.24) is 15.5 Å². The lowest BCUT2D eigenvalue weighted by atomic mass is 10.0. The third kappa shape index (κ3) is 2.09. The van der Waals surface area contributed by atoms with Gasteiger partial charge in [0.05, 0.1) is 5.92 Å². The van der Waals surface area contributed by atoms with Crippen molar-refractivity contribution in [2.45, 2.75) is 50.2 Å². The SMILES string of the molecule is CNC1CCCC1c1nc(C2CCCO2)no1. The van der Waals surface area contributed by atoms with Gasteiger partial charge in [0.15, 0.2) is 0 Å². The number of hydrogen-bond acceptors (Lipinski definition) is 5. The van der Waals surface area contributed by atoms with Gasteiger partial charge in [-0.2, -0.15) is 4.98 Å². The largest absolute Gasteiger partial charge is 0.370 e. The van der Waals surface area contributed by atoms with Gasteiger partial charge in [-0.3, -0.25) is 0 Å². The van der Waals surface area contributed by atoms with E-state index in [-0.39, 0.29) is 6.10 Å². The van der Waals surface area contributed by atoms with Gasteiger partial charge in [-0.15, -0.1) is 0 Å². The molecule has 5 heteroatoms. The van der Waals surface area contributed by atoms with Crippen LogP contribution in [0, 0.1) is 0 Å². The topological polar surface area (TPSA) is 60.2 Å². The summed E-state index contributed by atoms with van der Waals surface area (Å²) in [7, 11) is 2.00. The van der Waals surface area contributed by atoms with Crippen LogP contribution in [0.1, 0.15) is 55.8 Å². The van der Waals surface area contributed by atoms with Crippen molar-refractivity contribution in [2.24, 2.45) is 0 Å². The Hall–Kier alpha value is -0.940. The Balaban J connectivity index is 1.75. The molecule has 1 aromatic heterocycles. The summed E-state index contributed by atoms with van der Waals surface area (Å²) in [5.74, 6) is 1.90. The van der Waals surface area contributed by atoms with E-state index in [1.54, 1.807) is 0 Å². The fourth-order valence-electron chi connectivity index (χ4n) is 2.91. The van der Waals surface area contributed by atoms with Gasteiger partial charge in [-0.1, -0.05) is 11.6 Å². The molecule has 1 aromatic rings. The molecule has 0 amide bonds. The van der Waals surface area contributed by atoms with Crippen LogP contribution >= 0.6 is 0 Å². The van der Waals surface area contributed by atoms with Gasteiger partial charge in [-0.05, 0) is 32.7 Å². The van der Waals surface area contributed by atoms with Crippen molar-refractivity contribution >= 4 is 0 Å². The first-order chi connectivity index (χ1) is 8.38. The van der Waals surface area contributed by atoms with Gasteiger partial charge in [0, 0.05) is 12.6 Å². The average Bonchev–Trinajstić information content (AvgIpc) is 3.09. The first-order valence-electron chi connectivity index (χ1n) is 6.51. The fraction of sp³-hybridized carbons (Fsp3) is 0.833. The zero-order valence-corrected chi connectivity index (χ0v) is 10.2. The van der Waals surface area contributed by atoms with Crippen molar-refractivity contribution in [2.75, 3.05) is 13.7 Å². The number of nitrogens with zero attached hydrogens (tertiary/aromatic N) is 2. The quantitative estimate of drug-likeness (QED) is 0.868. The summed E-state index contributed by atoms with van der Waals surface area (Å²) in [4.78, 5) is 4.53. The molecule has 1 N–H and O–H groups in total. The maximum absolute atomic E-state index is 5.57.